The SMILES string of the molecule is CCN1CCN(c2ccc(Cl)cc2NC(=O)COc2ccc(C(=O)c3ccccc3)cc2)CC1. The van der Waals surface area contributed by atoms with E-state index in [9.17, 15) is 9.59 Å². The predicted molar refractivity (Wildman–Crippen MR) is 136 cm³/mol. The van der Waals surface area contributed by atoms with Crippen molar-refractivity contribution in [1.29, 1.82) is 0 Å². The number of halogens is 1. The van der Waals surface area contributed by atoms with Gasteiger partial charge >= 0.3 is 0 Å². The van der Waals surface area contributed by atoms with Crippen LogP contribution in [0.2, 0.25) is 5.02 Å². The quantitative estimate of drug-likeness (QED) is 0.475. The van der Waals surface area contributed by atoms with Crippen LogP contribution >= 0.6 is 11.6 Å². The Morgan fingerprint density at radius 3 is 2.26 bits per heavy atom. The van der Waals surface area contributed by atoms with Gasteiger partial charge in [0, 0.05) is 42.3 Å². The van der Waals surface area contributed by atoms with Crippen LogP contribution in [0.1, 0.15) is 22.8 Å². The van der Waals surface area contributed by atoms with Gasteiger partial charge in [0.1, 0.15) is 5.75 Å². The second-order valence-electron chi connectivity index (χ2n) is 8.14. The minimum Gasteiger partial charge on any atom is -0.484 e. The number of benzene rings is 3. The lowest BCUT2D eigenvalue weighted by atomic mass is 10.0. The average Bonchev–Trinajstić information content (AvgIpc) is 2.88. The van der Waals surface area contributed by atoms with E-state index >= 15 is 0 Å². The molecule has 4 rings (SSSR count). The zero-order chi connectivity index (χ0) is 23.9. The second kappa shape index (κ2) is 11.2. The average molecular weight is 478 g/mol. The fourth-order valence-electron chi connectivity index (χ4n) is 3.98. The minimum absolute atomic E-state index is 0.0573. The monoisotopic (exact) mass is 477 g/mol. The van der Waals surface area contributed by atoms with Crippen LogP contribution in [0.3, 0.4) is 0 Å². The number of rotatable bonds is 8. The molecule has 0 bridgehead atoms. The predicted octanol–water partition coefficient (Wildman–Crippen LogP) is 4.73. The third-order valence-corrected chi connectivity index (χ3v) is 6.15. The Hall–Kier alpha value is -3.35. The molecule has 0 radical (unpaired) electrons. The molecule has 3 aromatic rings. The molecule has 0 unspecified atom stereocenters. The van der Waals surface area contributed by atoms with E-state index in [1.54, 1.807) is 42.5 Å². The maximum atomic E-state index is 12.6. The zero-order valence-electron chi connectivity index (χ0n) is 19.2. The van der Waals surface area contributed by atoms with E-state index in [0.717, 1.165) is 38.4 Å². The van der Waals surface area contributed by atoms with Crippen LogP contribution in [-0.4, -0.2) is 55.9 Å². The first kappa shape index (κ1) is 23.8. The molecule has 1 aliphatic rings. The summed E-state index contributed by atoms with van der Waals surface area (Å²) in [7, 11) is 0. The Morgan fingerprint density at radius 1 is 0.912 bits per heavy atom. The molecular formula is C27H28ClN3O3. The molecule has 1 heterocycles. The third-order valence-electron chi connectivity index (χ3n) is 5.92. The van der Waals surface area contributed by atoms with Crippen LogP contribution in [-0.2, 0) is 4.79 Å². The molecule has 1 aliphatic heterocycles. The molecule has 3 aromatic carbocycles. The Morgan fingerprint density at radius 2 is 1.59 bits per heavy atom. The summed E-state index contributed by atoms with van der Waals surface area (Å²) < 4.78 is 5.65. The third kappa shape index (κ3) is 5.95. The first-order chi connectivity index (χ1) is 16.5. The number of carbonyl (C=O) groups excluding carboxylic acids is 2. The van der Waals surface area contributed by atoms with Gasteiger partial charge in [0.05, 0.1) is 11.4 Å². The summed E-state index contributed by atoms with van der Waals surface area (Å²) in [6.07, 6.45) is 0. The lowest BCUT2D eigenvalue weighted by Gasteiger charge is -2.36. The number of piperazine rings is 1. The van der Waals surface area contributed by atoms with Gasteiger partial charge in [-0.25, -0.2) is 0 Å². The van der Waals surface area contributed by atoms with Crippen molar-refractivity contribution in [2.45, 2.75) is 6.92 Å². The van der Waals surface area contributed by atoms with Crippen molar-refractivity contribution in [2.75, 3.05) is 49.5 Å². The van der Waals surface area contributed by atoms with Crippen molar-refractivity contribution in [2.24, 2.45) is 0 Å². The number of ether oxygens (including phenoxy) is 1. The number of amides is 1. The molecule has 0 atom stereocenters. The van der Waals surface area contributed by atoms with Crippen molar-refractivity contribution < 1.29 is 14.3 Å². The molecule has 1 saturated heterocycles. The van der Waals surface area contributed by atoms with E-state index in [1.165, 1.54) is 0 Å². The molecule has 0 aliphatic carbocycles. The first-order valence-corrected chi connectivity index (χ1v) is 11.8. The number of nitrogens with one attached hydrogen (secondary N) is 1. The fraction of sp³-hybridized carbons (Fsp3) is 0.259. The molecule has 176 valence electrons. The number of ketones is 1. The standard InChI is InChI=1S/C27H28ClN3O3/c1-2-30-14-16-31(17-15-30)25-13-10-22(28)18-24(25)29-26(32)19-34-23-11-8-21(9-12-23)27(33)20-6-4-3-5-7-20/h3-13,18H,2,14-17,19H2,1H3,(H,29,32). The number of anilines is 2. The molecule has 7 heteroatoms. The fourth-order valence-corrected chi connectivity index (χ4v) is 4.16. The van der Waals surface area contributed by atoms with Crippen molar-refractivity contribution in [3.8, 4) is 5.75 Å². The second-order valence-corrected chi connectivity index (χ2v) is 8.58. The normalized spacial score (nSPS) is 14.0. The van der Waals surface area contributed by atoms with Crippen LogP contribution in [0.25, 0.3) is 0 Å². The largest absolute Gasteiger partial charge is 0.484 e. The maximum Gasteiger partial charge on any atom is 0.262 e. The number of hydrogen-bond donors (Lipinski definition) is 1. The van der Waals surface area contributed by atoms with E-state index < -0.39 is 0 Å². The summed E-state index contributed by atoms with van der Waals surface area (Å²) in [5.41, 5.74) is 2.82. The Bertz CT molecular complexity index is 1130. The Balaban J connectivity index is 1.35. The van der Waals surface area contributed by atoms with Gasteiger partial charge < -0.3 is 19.9 Å². The summed E-state index contributed by atoms with van der Waals surface area (Å²) in [5.74, 6) is 0.181. The molecule has 6 nitrogen and oxygen atoms in total. The number of hydrogen-bond acceptors (Lipinski definition) is 5. The van der Waals surface area contributed by atoms with Gasteiger partial charge in [-0.15, -0.1) is 0 Å². The Kier molecular flexibility index (Phi) is 7.83. The van der Waals surface area contributed by atoms with E-state index in [1.807, 2.05) is 30.3 Å². The number of likely N-dealkylation sites (N-methyl/N-ethyl adjacent to an activating group) is 1. The molecule has 0 saturated carbocycles. The van der Waals surface area contributed by atoms with Crippen molar-refractivity contribution >= 4 is 34.7 Å². The van der Waals surface area contributed by atoms with Gasteiger partial charge in [-0.1, -0.05) is 48.9 Å². The summed E-state index contributed by atoms with van der Waals surface area (Å²) in [6, 6.07) is 21.5. The molecular weight excluding hydrogens is 450 g/mol. The van der Waals surface area contributed by atoms with Crippen molar-refractivity contribution in [3.05, 3.63) is 88.9 Å². The lowest BCUT2D eigenvalue weighted by molar-refractivity contribution is -0.118. The minimum atomic E-state index is -0.278. The van der Waals surface area contributed by atoms with Gasteiger partial charge in [0.25, 0.3) is 5.91 Å². The van der Waals surface area contributed by atoms with Crippen LogP contribution in [0.4, 0.5) is 11.4 Å². The maximum absolute atomic E-state index is 12.6. The highest BCUT2D eigenvalue weighted by molar-refractivity contribution is 6.31. The molecule has 1 N–H and O–H groups in total. The topological polar surface area (TPSA) is 61.9 Å². The van der Waals surface area contributed by atoms with Crippen LogP contribution < -0.4 is 15.0 Å². The summed E-state index contributed by atoms with van der Waals surface area (Å²) in [6.45, 7) is 6.80. The number of carbonyl (C=O) groups is 2. The van der Waals surface area contributed by atoms with Crippen molar-refractivity contribution in [3.63, 3.8) is 0 Å². The highest BCUT2D eigenvalue weighted by Crippen LogP contribution is 2.30. The highest BCUT2D eigenvalue weighted by atomic mass is 35.5. The molecule has 1 amide bonds. The van der Waals surface area contributed by atoms with E-state index in [2.05, 4.69) is 22.0 Å². The summed E-state index contributed by atoms with van der Waals surface area (Å²) >= 11 is 6.21. The molecule has 34 heavy (non-hydrogen) atoms. The summed E-state index contributed by atoms with van der Waals surface area (Å²) in [4.78, 5) is 29.8. The number of nitrogens with zero attached hydrogens (tertiary/aromatic N) is 2. The molecule has 0 aromatic heterocycles. The van der Waals surface area contributed by atoms with Crippen molar-refractivity contribution in [1.82, 2.24) is 4.90 Å². The summed E-state index contributed by atoms with van der Waals surface area (Å²) in [5, 5.41) is 3.50. The van der Waals surface area contributed by atoms with Crippen LogP contribution in [0, 0.1) is 0 Å². The lowest BCUT2D eigenvalue weighted by Crippen LogP contribution is -2.46. The van der Waals surface area contributed by atoms with E-state index in [-0.39, 0.29) is 18.3 Å². The van der Waals surface area contributed by atoms with Crippen LogP contribution in [0.15, 0.2) is 72.8 Å². The first-order valence-electron chi connectivity index (χ1n) is 11.4. The highest BCUT2D eigenvalue weighted by Gasteiger charge is 2.19. The van der Waals surface area contributed by atoms with Gasteiger partial charge in [-0.2, -0.15) is 0 Å². The molecule has 1 fully saturated rings. The molecule has 0 spiro atoms. The van der Waals surface area contributed by atoms with Gasteiger partial charge in [-0.3, -0.25) is 9.59 Å². The Labute approximate surface area is 205 Å². The van der Waals surface area contributed by atoms with Gasteiger partial charge in [-0.05, 0) is 49.0 Å². The van der Waals surface area contributed by atoms with Gasteiger partial charge in [0.15, 0.2) is 12.4 Å². The zero-order valence-corrected chi connectivity index (χ0v) is 19.9. The van der Waals surface area contributed by atoms with E-state index in [0.29, 0.717) is 27.6 Å². The van der Waals surface area contributed by atoms with Gasteiger partial charge in [0.2, 0.25) is 0 Å². The van der Waals surface area contributed by atoms with Crippen LogP contribution in [0.5, 0.6) is 5.75 Å². The van der Waals surface area contributed by atoms with E-state index in [4.69, 9.17) is 16.3 Å². The smallest absolute Gasteiger partial charge is 0.262 e.